The molecule has 1 amide bonds. The van der Waals surface area contributed by atoms with Gasteiger partial charge in [-0.15, -0.1) is 0 Å². The van der Waals surface area contributed by atoms with E-state index in [1.54, 1.807) is 0 Å². The van der Waals surface area contributed by atoms with Crippen molar-refractivity contribution in [3.63, 3.8) is 0 Å². The molecule has 122 valence electrons. The maximum Gasteiger partial charge on any atom is 0.416 e. The predicted molar refractivity (Wildman–Crippen MR) is 76.9 cm³/mol. The number of carbonyl (C=O) groups excluding carboxylic acids is 1. The van der Waals surface area contributed by atoms with E-state index < -0.39 is 17.6 Å². The molecule has 0 bridgehead atoms. The summed E-state index contributed by atoms with van der Waals surface area (Å²) in [5.74, 6) is -0.593. The monoisotopic (exact) mass is 325 g/mol. The second-order valence-corrected chi connectivity index (χ2v) is 4.77. The van der Waals surface area contributed by atoms with Crippen molar-refractivity contribution in [3.8, 4) is 0 Å². The normalized spacial score (nSPS) is 11.3. The van der Waals surface area contributed by atoms with E-state index in [1.165, 1.54) is 35.1 Å². The van der Waals surface area contributed by atoms with Crippen molar-refractivity contribution in [2.24, 2.45) is 0 Å². The summed E-state index contributed by atoms with van der Waals surface area (Å²) < 4.78 is 39.0. The Morgan fingerprint density at radius 2 is 2.00 bits per heavy atom. The van der Waals surface area contributed by atoms with E-state index in [4.69, 9.17) is 0 Å². The summed E-state index contributed by atoms with van der Waals surface area (Å²) in [6.45, 7) is 0.528. The molecule has 5 nitrogen and oxygen atoms in total. The van der Waals surface area contributed by atoms with Gasteiger partial charge in [-0.05, 0) is 30.7 Å². The maximum atomic E-state index is 12.6. The van der Waals surface area contributed by atoms with E-state index in [-0.39, 0.29) is 17.7 Å². The fraction of sp³-hybridized carbons (Fsp3) is 0.267. The number of aromatic nitrogens is 2. The first-order chi connectivity index (χ1) is 10.9. The first kappa shape index (κ1) is 16.7. The van der Waals surface area contributed by atoms with Crippen molar-refractivity contribution in [2.75, 3.05) is 6.54 Å². The minimum Gasteiger partial charge on any atom is -0.352 e. The Kier molecular flexibility index (Phi) is 5.15. The Hall–Kier alpha value is -2.64. The molecule has 1 N–H and O–H groups in total. The largest absolute Gasteiger partial charge is 0.416 e. The number of benzene rings is 1. The molecular weight excluding hydrogens is 311 g/mol. The Bertz CT molecular complexity index is 741. The van der Waals surface area contributed by atoms with E-state index in [0.717, 1.165) is 12.1 Å². The van der Waals surface area contributed by atoms with Crippen molar-refractivity contribution in [1.29, 1.82) is 0 Å². The van der Waals surface area contributed by atoms with Gasteiger partial charge in [0.2, 0.25) is 0 Å². The average molecular weight is 325 g/mol. The number of rotatable bonds is 5. The smallest absolute Gasteiger partial charge is 0.352 e. The SMILES string of the molecule is O=C(NCCCn1ncccc1=O)c1cccc(C(F)(F)F)c1. The van der Waals surface area contributed by atoms with Gasteiger partial charge in [0.15, 0.2) is 0 Å². The highest BCUT2D eigenvalue weighted by Crippen LogP contribution is 2.29. The van der Waals surface area contributed by atoms with E-state index in [1.807, 2.05) is 0 Å². The maximum absolute atomic E-state index is 12.6. The molecule has 1 aromatic heterocycles. The Labute approximate surface area is 129 Å². The van der Waals surface area contributed by atoms with Crippen molar-refractivity contribution in [2.45, 2.75) is 19.1 Å². The number of amides is 1. The standard InChI is InChI=1S/C15H14F3N3O2/c16-15(17,18)12-5-1-4-11(10-12)14(23)19-7-3-9-21-13(22)6-2-8-20-21/h1-2,4-6,8,10H,3,7,9H2,(H,19,23). The number of aryl methyl sites for hydroxylation is 1. The van der Waals surface area contributed by atoms with Crippen LogP contribution in [0.25, 0.3) is 0 Å². The Morgan fingerprint density at radius 1 is 1.22 bits per heavy atom. The Morgan fingerprint density at radius 3 is 2.70 bits per heavy atom. The van der Waals surface area contributed by atoms with Crippen LogP contribution in [0.15, 0.2) is 47.4 Å². The molecule has 2 aromatic rings. The second-order valence-electron chi connectivity index (χ2n) is 4.77. The van der Waals surface area contributed by atoms with Crippen LogP contribution in [-0.4, -0.2) is 22.2 Å². The van der Waals surface area contributed by atoms with Gasteiger partial charge in [0.1, 0.15) is 0 Å². The van der Waals surface area contributed by atoms with Gasteiger partial charge in [0, 0.05) is 30.9 Å². The number of halogens is 3. The zero-order valence-corrected chi connectivity index (χ0v) is 12.0. The summed E-state index contributed by atoms with van der Waals surface area (Å²) in [6, 6.07) is 7.10. The van der Waals surface area contributed by atoms with Crippen LogP contribution >= 0.6 is 0 Å². The molecule has 2 rings (SSSR count). The van der Waals surface area contributed by atoms with Crippen LogP contribution in [0.1, 0.15) is 22.3 Å². The lowest BCUT2D eigenvalue weighted by Crippen LogP contribution is -2.28. The molecule has 0 aliphatic rings. The van der Waals surface area contributed by atoms with Crippen molar-refractivity contribution >= 4 is 5.91 Å². The molecular formula is C15H14F3N3O2. The molecule has 0 fully saturated rings. The van der Waals surface area contributed by atoms with Crippen LogP contribution in [0.2, 0.25) is 0 Å². The summed E-state index contributed by atoms with van der Waals surface area (Å²) in [7, 11) is 0. The summed E-state index contributed by atoms with van der Waals surface area (Å²) in [6.07, 6.45) is -2.58. The third kappa shape index (κ3) is 4.67. The van der Waals surface area contributed by atoms with Gasteiger partial charge < -0.3 is 5.32 Å². The number of hydrogen-bond donors (Lipinski definition) is 1. The predicted octanol–water partition coefficient (Wildman–Crippen LogP) is 2.08. The van der Waals surface area contributed by atoms with Gasteiger partial charge in [-0.2, -0.15) is 18.3 Å². The number of alkyl halides is 3. The number of hydrogen-bond acceptors (Lipinski definition) is 3. The lowest BCUT2D eigenvalue weighted by atomic mass is 10.1. The lowest BCUT2D eigenvalue weighted by molar-refractivity contribution is -0.137. The average Bonchev–Trinajstić information content (AvgIpc) is 2.52. The highest BCUT2D eigenvalue weighted by Gasteiger charge is 2.30. The molecule has 0 radical (unpaired) electrons. The fourth-order valence-electron chi connectivity index (χ4n) is 1.92. The van der Waals surface area contributed by atoms with Gasteiger partial charge in [-0.3, -0.25) is 9.59 Å². The zero-order valence-electron chi connectivity index (χ0n) is 12.0. The molecule has 0 saturated heterocycles. The number of nitrogens with zero attached hydrogens (tertiary/aromatic N) is 2. The summed E-state index contributed by atoms with van der Waals surface area (Å²) >= 11 is 0. The third-order valence-electron chi connectivity index (χ3n) is 3.07. The summed E-state index contributed by atoms with van der Waals surface area (Å²) in [5, 5.41) is 6.38. The van der Waals surface area contributed by atoms with E-state index in [9.17, 15) is 22.8 Å². The lowest BCUT2D eigenvalue weighted by Gasteiger charge is -2.09. The van der Waals surface area contributed by atoms with Crippen molar-refractivity contribution in [1.82, 2.24) is 15.1 Å². The third-order valence-corrected chi connectivity index (χ3v) is 3.07. The second kappa shape index (κ2) is 7.08. The van der Waals surface area contributed by atoms with Crippen LogP contribution in [0, 0.1) is 0 Å². The van der Waals surface area contributed by atoms with Crippen molar-refractivity contribution in [3.05, 3.63) is 64.1 Å². The van der Waals surface area contributed by atoms with Crippen LogP contribution in [0.3, 0.4) is 0 Å². The molecule has 0 atom stereocenters. The zero-order chi connectivity index (χ0) is 16.9. The molecule has 0 aliphatic heterocycles. The van der Waals surface area contributed by atoms with Crippen LogP contribution in [-0.2, 0) is 12.7 Å². The highest BCUT2D eigenvalue weighted by atomic mass is 19.4. The topological polar surface area (TPSA) is 64.0 Å². The van der Waals surface area contributed by atoms with Crippen LogP contribution in [0.5, 0.6) is 0 Å². The highest BCUT2D eigenvalue weighted by molar-refractivity contribution is 5.94. The first-order valence-corrected chi connectivity index (χ1v) is 6.85. The van der Waals surface area contributed by atoms with Gasteiger partial charge in [0.25, 0.3) is 11.5 Å². The quantitative estimate of drug-likeness (QED) is 0.856. The first-order valence-electron chi connectivity index (χ1n) is 6.85. The van der Waals surface area contributed by atoms with Crippen LogP contribution < -0.4 is 10.9 Å². The summed E-state index contributed by atoms with van der Waals surface area (Å²) in [4.78, 5) is 23.2. The molecule has 1 heterocycles. The van der Waals surface area contributed by atoms with Gasteiger partial charge in [-0.25, -0.2) is 4.68 Å². The fourth-order valence-corrected chi connectivity index (χ4v) is 1.92. The van der Waals surface area contributed by atoms with Crippen molar-refractivity contribution < 1.29 is 18.0 Å². The summed E-state index contributed by atoms with van der Waals surface area (Å²) in [5.41, 5.74) is -1.18. The minimum absolute atomic E-state index is 0.0603. The molecule has 0 spiro atoms. The molecule has 1 aromatic carbocycles. The van der Waals surface area contributed by atoms with Gasteiger partial charge >= 0.3 is 6.18 Å². The van der Waals surface area contributed by atoms with Gasteiger partial charge in [-0.1, -0.05) is 6.07 Å². The molecule has 0 aliphatic carbocycles. The van der Waals surface area contributed by atoms with E-state index in [2.05, 4.69) is 10.4 Å². The Balaban J connectivity index is 1.88. The van der Waals surface area contributed by atoms with Crippen LogP contribution in [0.4, 0.5) is 13.2 Å². The number of carbonyl (C=O) groups is 1. The molecule has 23 heavy (non-hydrogen) atoms. The number of nitrogens with one attached hydrogen (secondary N) is 1. The van der Waals surface area contributed by atoms with E-state index in [0.29, 0.717) is 13.0 Å². The molecule has 0 saturated carbocycles. The molecule has 0 unspecified atom stereocenters. The van der Waals surface area contributed by atoms with E-state index >= 15 is 0 Å². The minimum atomic E-state index is -4.49. The van der Waals surface area contributed by atoms with Gasteiger partial charge in [0.05, 0.1) is 5.56 Å². The molecule has 8 heteroatoms.